The van der Waals surface area contributed by atoms with Crippen molar-refractivity contribution in [1.29, 1.82) is 0 Å². The van der Waals surface area contributed by atoms with Crippen molar-refractivity contribution in [2.75, 3.05) is 32.1 Å². The zero-order valence-corrected chi connectivity index (χ0v) is 10.6. The third-order valence-electron chi connectivity index (χ3n) is 2.36. The highest BCUT2D eigenvalue weighted by atomic mass is 16.2. The average molecular weight is 250 g/mol. The maximum Gasteiger partial charge on any atom is 0.251 e. The molecule has 0 aliphatic rings. The molecule has 0 spiro atoms. The van der Waals surface area contributed by atoms with Gasteiger partial charge in [0, 0.05) is 44.0 Å². The maximum absolute atomic E-state index is 11.8. The van der Waals surface area contributed by atoms with E-state index in [9.17, 15) is 9.59 Å². The van der Waals surface area contributed by atoms with Crippen LogP contribution in [0.4, 0.5) is 11.4 Å². The van der Waals surface area contributed by atoms with Crippen molar-refractivity contribution < 1.29 is 9.59 Å². The lowest BCUT2D eigenvalue weighted by Gasteiger charge is -2.10. The second-order valence-corrected chi connectivity index (χ2v) is 4.18. The van der Waals surface area contributed by atoms with Crippen LogP contribution in [0.1, 0.15) is 16.8 Å². The Hall–Kier alpha value is -2.24. The van der Waals surface area contributed by atoms with Crippen LogP contribution in [0.25, 0.3) is 0 Å². The summed E-state index contributed by atoms with van der Waals surface area (Å²) in [5.74, 6) is -0.331. The Labute approximate surface area is 106 Å². The first-order valence-electron chi connectivity index (χ1n) is 5.54. The van der Waals surface area contributed by atoms with E-state index in [4.69, 9.17) is 11.5 Å². The highest BCUT2D eigenvalue weighted by molar-refractivity contribution is 5.96. The van der Waals surface area contributed by atoms with Crippen molar-refractivity contribution >= 4 is 23.2 Å². The molecule has 0 atom stereocenters. The zero-order valence-electron chi connectivity index (χ0n) is 10.6. The zero-order chi connectivity index (χ0) is 13.7. The third-order valence-corrected chi connectivity index (χ3v) is 2.36. The fraction of sp³-hybridized carbons (Fsp3) is 0.333. The Kier molecular flexibility index (Phi) is 4.53. The minimum Gasteiger partial charge on any atom is -0.399 e. The standard InChI is InChI=1S/C12H18N4O2/c1-16(2)11(17)3-4-15-12(18)8-5-9(13)7-10(14)6-8/h5-7H,3-4,13-14H2,1-2H3,(H,15,18). The third kappa shape index (κ3) is 3.97. The van der Waals surface area contributed by atoms with Crippen LogP contribution in [0.3, 0.4) is 0 Å². The number of rotatable bonds is 4. The van der Waals surface area contributed by atoms with Crippen LogP contribution < -0.4 is 16.8 Å². The van der Waals surface area contributed by atoms with E-state index < -0.39 is 0 Å². The first-order valence-corrected chi connectivity index (χ1v) is 5.54. The molecule has 0 bridgehead atoms. The fourth-order valence-electron chi connectivity index (χ4n) is 1.42. The molecule has 0 aromatic heterocycles. The van der Waals surface area contributed by atoms with Crippen molar-refractivity contribution in [2.24, 2.45) is 0 Å². The van der Waals surface area contributed by atoms with Gasteiger partial charge in [0.2, 0.25) is 5.91 Å². The van der Waals surface area contributed by atoms with Gasteiger partial charge < -0.3 is 21.7 Å². The number of anilines is 2. The van der Waals surface area contributed by atoms with Crippen LogP contribution >= 0.6 is 0 Å². The smallest absolute Gasteiger partial charge is 0.251 e. The molecule has 1 rings (SSSR count). The number of nitrogens with one attached hydrogen (secondary N) is 1. The summed E-state index contributed by atoms with van der Waals surface area (Å²) in [5.41, 5.74) is 12.4. The summed E-state index contributed by atoms with van der Waals surface area (Å²) in [6.45, 7) is 0.282. The molecule has 0 unspecified atom stereocenters. The van der Waals surface area contributed by atoms with Gasteiger partial charge in [-0.15, -0.1) is 0 Å². The molecule has 1 aromatic carbocycles. The number of nitrogen functional groups attached to an aromatic ring is 2. The molecular weight excluding hydrogens is 232 g/mol. The maximum atomic E-state index is 11.8. The molecule has 6 heteroatoms. The lowest BCUT2D eigenvalue weighted by atomic mass is 10.1. The van der Waals surface area contributed by atoms with E-state index in [-0.39, 0.29) is 24.8 Å². The highest BCUT2D eigenvalue weighted by Gasteiger charge is 2.08. The molecule has 98 valence electrons. The van der Waals surface area contributed by atoms with Crippen molar-refractivity contribution in [2.45, 2.75) is 6.42 Å². The van der Waals surface area contributed by atoms with Crippen LogP contribution in [0.2, 0.25) is 0 Å². The van der Waals surface area contributed by atoms with Crippen LogP contribution in [0, 0.1) is 0 Å². The van der Waals surface area contributed by atoms with Gasteiger partial charge in [-0.25, -0.2) is 0 Å². The van der Waals surface area contributed by atoms with E-state index >= 15 is 0 Å². The number of benzene rings is 1. The molecule has 5 N–H and O–H groups in total. The SMILES string of the molecule is CN(C)C(=O)CCNC(=O)c1cc(N)cc(N)c1. The second-order valence-electron chi connectivity index (χ2n) is 4.18. The van der Waals surface area contributed by atoms with Crippen molar-refractivity contribution in [3.8, 4) is 0 Å². The fourth-order valence-corrected chi connectivity index (χ4v) is 1.42. The predicted molar refractivity (Wildman–Crippen MR) is 70.9 cm³/mol. The minimum absolute atomic E-state index is 0.0395. The molecule has 0 aliphatic carbocycles. The number of carbonyl (C=O) groups is 2. The molecule has 0 radical (unpaired) electrons. The lowest BCUT2D eigenvalue weighted by molar-refractivity contribution is -0.128. The number of nitrogens with zero attached hydrogens (tertiary/aromatic N) is 1. The van der Waals surface area contributed by atoms with Gasteiger partial charge in [0.25, 0.3) is 5.91 Å². The molecule has 2 amide bonds. The second kappa shape index (κ2) is 5.90. The molecule has 0 saturated heterocycles. The Morgan fingerprint density at radius 2 is 1.72 bits per heavy atom. The highest BCUT2D eigenvalue weighted by Crippen LogP contribution is 2.13. The summed E-state index contributed by atoms with van der Waals surface area (Å²) in [7, 11) is 3.34. The predicted octanol–water partition coefficient (Wildman–Crippen LogP) is 0.0591. The van der Waals surface area contributed by atoms with Crippen molar-refractivity contribution in [3.63, 3.8) is 0 Å². The largest absolute Gasteiger partial charge is 0.399 e. The first-order chi connectivity index (χ1) is 8.40. The van der Waals surface area contributed by atoms with E-state index in [1.165, 1.54) is 4.90 Å². The van der Waals surface area contributed by atoms with Gasteiger partial charge in [-0.2, -0.15) is 0 Å². The van der Waals surface area contributed by atoms with Crippen molar-refractivity contribution in [1.82, 2.24) is 10.2 Å². The number of carbonyl (C=O) groups excluding carboxylic acids is 2. The normalized spacial score (nSPS) is 9.89. The van der Waals surface area contributed by atoms with Gasteiger partial charge in [0.15, 0.2) is 0 Å². The van der Waals surface area contributed by atoms with Crippen LogP contribution in [0.5, 0.6) is 0 Å². The Morgan fingerprint density at radius 3 is 2.22 bits per heavy atom. The molecule has 0 heterocycles. The first kappa shape index (κ1) is 13.8. The van der Waals surface area contributed by atoms with E-state index in [1.807, 2.05) is 0 Å². The van der Waals surface area contributed by atoms with Gasteiger partial charge in [0.1, 0.15) is 0 Å². The van der Waals surface area contributed by atoms with E-state index in [0.29, 0.717) is 16.9 Å². The summed E-state index contributed by atoms with van der Waals surface area (Å²) >= 11 is 0. The van der Waals surface area contributed by atoms with E-state index in [0.717, 1.165) is 0 Å². The molecule has 0 aliphatic heterocycles. The summed E-state index contributed by atoms with van der Waals surface area (Å²) in [4.78, 5) is 24.5. The summed E-state index contributed by atoms with van der Waals surface area (Å²) in [5, 5.41) is 2.64. The lowest BCUT2D eigenvalue weighted by Crippen LogP contribution is -2.30. The van der Waals surface area contributed by atoms with Gasteiger partial charge in [-0.05, 0) is 18.2 Å². The van der Waals surface area contributed by atoms with Crippen LogP contribution in [0.15, 0.2) is 18.2 Å². The van der Waals surface area contributed by atoms with E-state index in [2.05, 4.69) is 5.32 Å². The molecule has 0 fully saturated rings. The Balaban J connectivity index is 2.53. The molecule has 6 nitrogen and oxygen atoms in total. The van der Waals surface area contributed by atoms with Gasteiger partial charge in [0.05, 0.1) is 0 Å². The number of nitrogens with two attached hydrogens (primary N) is 2. The molecule has 1 aromatic rings. The average Bonchev–Trinajstić information content (AvgIpc) is 2.27. The monoisotopic (exact) mass is 250 g/mol. The quantitative estimate of drug-likeness (QED) is 0.657. The number of amides is 2. The van der Waals surface area contributed by atoms with E-state index in [1.54, 1.807) is 32.3 Å². The Morgan fingerprint density at radius 1 is 1.17 bits per heavy atom. The summed E-state index contributed by atoms with van der Waals surface area (Å²) in [6.07, 6.45) is 0.260. The summed E-state index contributed by atoms with van der Waals surface area (Å²) < 4.78 is 0. The Bertz CT molecular complexity index is 437. The van der Waals surface area contributed by atoms with Gasteiger partial charge >= 0.3 is 0 Å². The minimum atomic E-state index is -0.291. The molecule has 0 saturated carbocycles. The van der Waals surface area contributed by atoms with Crippen molar-refractivity contribution in [3.05, 3.63) is 23.8 Å². The number of hydrogen-bond donors (Lipinski definition) is 3. The number of hydrogen-bond acceptors (Lipinski definition) is 4. The van der Waals surface area contributed by atoms with Gasteiger partial charge in [-0.1, -0.05) is 0 Å². The van der Waals surface area contributed by atoms with Gasteiger partial charge in [-0.3, -0.25) is 9.59 Å². The van der Waals surface area contributed by atoms with Crippen LogP contribution in [-0.4, -0.2) is 37.4 Å². The van der Waals surface area contributed by atoms with Crippen LogP contribution in [-0.2, 0) is 4.79 Å². The summed E-state index contributed by atoms with van der Waals surface area (Å²) in [6, 6.07) is 4.66. The topological polar surface area (TPSA) is 101 Å². The molecular formula is C12H18N4O2. The molecule has 18 heavy (non-hydrogen) atoms.